The molecule has 0 aliphatic rings. The number of pyridine rings is 1. The van der Waals surface area contributed by atoms with Gasteiger partial charge in [-0.05, 0) is 30.7 Å². The molecule has 2 aromatic carbocycles. The van der Waals surface area contributed by atoms with E-state index in [2.05, 4.69) is 4.98 Å². The van der Waals surface area contributed by atoms with Crippen molar-refractivity contribution in [3.05, 3.63) is 89.0 Å². The maximum absolute atomic E-state index is 13.7. The average molecular weight is 392 g/mol. The monoisotopic (exact) mass is 392 g/mol. The molecule has 0 saturated heterocycles. The SMILES string of the molecule is Cc1ccccc1C(Oc1cc(OCc2ccncc2F)ccc1C#N)C(=O)O. The van der Waals surface area contributed by atoms with E-state index in [1.807, 2.05) is 6.07 Å². The van der Waals surface area contributed by atoms with Crippen molar-refractivity contribution < 1.29 is 23.8 Å². The average Bonchev–Trinajstić information content (AvgIpc) is 2.72. The molecule has 1 heterocycles. The van der Waals surface area contributed by atoms with E-state index >= 15 is 0 Å². The van der Waals surface area contributed by atoms with Crippen LogP contribution in [-0.4, -0.2) is 16.1 Å². The van der Waals surface area contributed by atoms with Gasteiger partial charge in [-0.15, -0.1) is 0 Å². The number of carboxylic acids is 1. The van der Waals surface area contributed by atoms with Gasteiger partial charge < -0.3 is 14.6 Å². The van der Waals surface area contributed by atoms with Gasteiger partial charge in [0.2, 0.25) is 6.10 Å². The Labute approximate surface area is 166 Å². The number of carboxylic acid groups (broad SMARTS) is 1. The van der Waals surface area contributed by atoms with Crippen molar-refractivity contribution >= 4 is 5.97 Å². The summed E-state index contributed by atoms with van der Waals surface area (Å²) < 4.78 is 25.0. The zero-order valence-corrected chi connectivity index (χ0v) is 15.5. The molecule has 1 N–H and O–H groups in total. The number of carbonyl (C=O) groups is 1. The van der Waals surface area contributed by atoms with Gasteiger partial charge in [-0.1, -0.05) is 24.3 Å². The van der Waals surface area contributed by atoms with Crippen molar-refractivity contribution in [3.63, 3.8) is 0 Å². The lowest BCUT2D eigenvalue weighted by molar-refractivity contribution is -0.145. The van der Waals surface area contributed by atoms with Crippen molar-refractivity contribution in [1.29, 1.82) is 5.26 Å². The number of halogens is 1. The second-order valence-electron chi connectivity index (χ2n) is 6.22. The van der Waals surface area contributed by atoms with Gasteiger partial charge in [-0.2, -0.15) is 5.26 Å². The number of ether oxygens (including phenoxy) is 2. The molecular formula is C22H17FN2O4. The van der Waals surface area contributed by atoms with Gasteiger partial charge in [0.25, 0.3) is 0 Å². The summed E-state index contributed by atoms with van der Waals surface area (Å²) in [4.78, 5) is 15.5. The van der Waals surface area contributed by atoms with Crippen LogP contribution in [0.3, 0.4) is 0 Å². The summed E-state index contributed by atoms with van der Waals surface area (Å²) in [6.45, 7) is 1.72. The van der Waals surface area contributed by atoms with Crippen LogP contribution in [0.5, 0.6) is 11.5 Å². The second-order valence-corrected chi connectivity index (χ2v) is 6.22. The minimum atomic E-state index is -1.30. The summed E-state index contributed by atoms with van der Waals surface area (Å²) in [6.07, 6.45) is 1.25. The molecule has 0 saturated carbocycles. The summed E-state index contributed by atoms with van der Waals surface area (Å²) in [5, 5.41) is 19.0. The van der Waals surface area contributed by atoms with E-state index < -0.39 is 17.9 Å². The lowest BCUT2D eigenvalue weighted by atomic mass is 10.0. The van der Waals surface area contributed by atoms with Gasteiger partial charge in [-0.25, -0.2) is 9.18 Å². The molecule has 29 heavy (non-hydrogen) atoms. The summed E-state index contributed by atoms with van der Waals surface area (Å²) in [6, 6.07) is 14.8. The standard InChI is InChI=1S/C22H17FN2O4/c1-14-4-2-3-5-18(14)21(22(26)27)29-20-10-17(7-6-15(20)11-24)28-13-16-8-9-25-12-19(16)23/h2-10,12,21H,13H2,1H3,(H,26,27). The summed E-state index contributed by atoms with van der Waals surface area (Å²) >= 11 is 0. The molecule has 0 spiro atoms. The van der Waals surface area contributed by atoms with E-state index in [-0.39, 0.29) is 17.9 Å². The fourth-order valence-electron chi connectivity index (χ4n) is 2.72. The van der Waals surface area contributed by atoms with Crippen LogP contribution in [0.25, 0.3) is 0 Å². The number of aromatic nitrogens is 1. The van der Waals surface area contributed by atoms with Crippen LogP contribution in [0.1, 0.15) is 28.4 Å². The quantitative estimate of drug-likeness (QED) is 0.648. The number of hydrogen-bond donors (Lipinski definition) is 1. The van der Waals surface area contributed by atoms with Gasteiger partial charge in [0.15, 0.2) is 0 Å². The Balaban J connectivity index is 1.87. The minimum Gasteiger partial charge on any atom is -0.489 e. The summed E-state index contributed by atoms with van der Waals surface area (Å²) in [7, 11) is 0. The van der Waals surface area contributed by atoms with Crippen LogP contribution in [0.4, 0.5) is 4.39 Å². The Bertz CT molecular complexity index is 1080. The van der Waals surface area contributed by atoms with Crippen LogP contribution < -0.4 is 9.47 Å². The highest BCUT2D eigenvalue weighted by atomic mass is 19.1. The number of aliphatic carboxylic acids is 1. The molecule has 1 atom stereocenters. The maximum atomic E-state index is 13.7. The Morgan fingerprint density at radius 2 is 2.07 bits per heavy atom. The fourth-order valence-corrected chi connectivity index (χ4v) is 2.72. The molecule has 6 nitrogen and oxygen atoms in total. The topological polar surface area (TPSA) is 92.4 Å². The first-order chi connectivity index (χ1) is 14.0. The predicted octanol–water partition coefficient (Wildman–Crippen LogP) is 4.18. The third-order valence-electron chi connectivity index (χ3n) is 4.26. The minimum absolute atomic E-state index is 0.0557. The van der Waals surface area contributed by atoms with Gasteiger partial charge in [0, 0.05) is 23.4 Å². The van der Waals surface area contributed by atoms with E-state index in [4.69, 9.17) is 9.47 Å². The molecule has 0 aliphatic carbocycles. The number of aryl methyl sites for hydroxylation is 1. The molecule has 1 unspecified atom stereocenters. The van der Waals surface area contributed by atoms with Crippen molar-refractivity contribution in [2.45, 2.75) is 19.6 Å². The van der Waals surface area contributed by atoms with Gasteiger partial charge in [0.05, 0.1) is 11.8 Å². The predicted molar refractivity (Wildman–Crippen MR) is 102 cm³/mol. The van der Waals surface area contributed by atoms with Gasteiger partial charge in [0.1, 0.15) is 30.0 Å². The third-order valence-corrected chi connectivity index (χ3v) is 4.26. The first-order valence-electron chi connectivity index (χ1n) is 8.70. The van der Waals surface area contributed by atoms with Crippen LogP contribution in [0.15, 0.2) is 60.9 Å². The molecule has 146 valence electrons. The van der Waals surface area contributed by atoms with Crippen molar-refractivity contribution in [2.24, 2.45) is 0 Å². The molecule has 0 aliphatic heterocycles. The van der Waals surface area contributed by atoms with E-state index in [1.165, 1.54) is 30.5 Å². The van der Waals surface area contributed by atoms with E-state index in [0.717, 1.165) is 11.8 Å². The van der Waals surface area contributed by atoms with Crippen LogP contribution in [-0.2, 0) is 11.4 Å². The molecule has 7 heteroatoms. The zero-order chi connectivity index (χ0) is 20.8. The van der Waals surface area contributed by atoms with E-state index in [1.54, 1.807) is 31.2 Å². The highest BCUT2D eigenvalue weighted by molar-refractivity contribution is 5.75. The molecule has 3 aromatic rings. The molecule has 0 fully saturated rings. The third kappa shape index (κ3) is 4.68. The number of nitrogens with zero attached hydrogens (tertiary/aromatic N) is 2. The molecular weight excluding hydrogens is 375 g/mol. The molecule has 0 radical (unpaired) electrons. The Morgan fingerprint density at radius 1 is 1.28 bits per heavy atom. The second kappa shape index (κ2) is 8.85. The van der Waals surface area contributed by atoms with Crippen LogP contribution in [0, 0.1) is 24.1 Å². The van der Waals surface area contributed by atoms with Crippen LogP contribution >= 0.6 is 0 Å². The summed E-state index contributed by atoms with van der Waals surface area (Å²) in [5.74, 6) is -1.31. The maximum Gasteiger partial charge on any atom is 0.349 e. The molecule has 3 rings (SSSR count). The molecule has 0 bridgehead atoms. The fraction of sp³-hybridized carbons (Fsp3) is 0.136. The van der Waals surface area contributed by atoms with E-state index in [9.17, 15) is 19.6 Å². The lowest BCUT2D eigenvalue weighted by Gasteiger charge is -2.19. The van der Waals surface area contributed by atoms with Crippen molar-refractivity contribution in [2.75, 3.05) is 0 Å². The lowest BCUT2D eigenvalue weighted by Crippen LogP contribution is -2.19. The number of nitriles is 1. The van der Waals surface area contributed by atoms with Gasteiger partial charge in [-0.3, -0.25) is 4.98 Å². The smallest absolute Gasteiger partial charge is 0.349 e. The molecule has 1 aromatic heterocycles. The summed E-state index contributed by atoms with van der Waals surface area (Å²) in [5.41, 5.74) is 1.70. The Kier molecular flexibility index (Phi) is 6.05. The van der Waals surface area contributed by atoms with Gasteiger partial charge >= 0.3 is 5.97 Å². The Morgan fingerprint density at radius 3 is 2.76 bits per heavy atom. The number of benzene rings is 2. The van der Waals surface area contributed by atoms with Crippen molar-refractivity contribution in [1.82, 2.24) is 4.98 Å². The van der Waals surface area contributed by atoms with Crippen molar-refractivity contribution in [3.8, 4) is 17.6 Å². The zero-order valence-electron chi connectivity index (χ0n) is 15.5. The highest BCUT2D eigenvalue weighted by Crippen LogP contribution is 2.31. The largest absolute Gasteiger partial charge is 0.489 e. The number of hydrogen-bond acceptors (Lipinski definition) is 5. The van der Waals surface area contributed by atoms with Crippen LogP contribution in [0.2, 0.25) is 0 Å². The highest BCUT2D eigenvalue weighted by Gasteiger charge is 2.25. The first-order valence-corrected chi connectivity index (χ1v) is 8.70. The van der Waals surface area contributed by atoms with E-state index in [0.29, 0.717) is 16.9 Å². The number of rotatable bonds is 7. The molecule has 0 amide bonds. The Hall–Kier alpha value is -3.92. The normalized spacial score (nSPS) is 11.3. The first kappa shape index (κ1) is 19.8.